The molecule has 0 radical (unpaired) electrons. The molecule has 122 valence electrons. The van der Waals surface area contributed by atoms with Gasteiger partial charge in [0, 0.05) is 10.2 Å². The minimum atomic E-state index is -1.01. The molecule has 0 aliphatic heterocycles. The summed E-state index contributed by atoms with van der Waals surface area (Å²) in [7, 11) is 0. The Morgan fingerprint density at radius 1 is 1.23 bits per heavy atom. The van der Waals surface area contributed by atoms with Crippen LogP contribution in [0.4, 0.5) is 10.5 Å². The molecule has 0 bridgehead atoms. The van der Waals surface area contributed by atoms with Gasteiger partial charge in [0.15, 0.2) is 0 Å². The number of nitrogens with one attached hydrogen (secondary N) is 2. The van der Waals surface area contributed by atoms with E-state index in [-0.39, 0.29) is 5.41 Å². The highest BCUT2D eigenvalue weighted by Crippen LogP contribution is 2.22. The molecule has 0 fully saturated rings. The smallest absolute Gasteiger partial charge is 0.326 e. The highest BCUT2D eigenvalue weighted by atomic mass is 79.9. The molecular formula is C16H23BrN2O3. The number of carboxylic acids is 1. The van der Waals surface area contributed by atoms with Crippen molar-refractivity contribution in [3.8, 4) is 0 Å². The fourth-order valence-electron chi connectivity index (χ4n) is 1.95. The Balaban J connectivity index is 2.50. The van der Waals surface area contributed by atoms with Crippen LogP contribution in [0.1, 0.15) is 40.0 Å². The van der Waals surface area contributed by atoms with Crippen molar-refractivity contribution in [3.05, 3.63) is 28.7 Å². The first kappa shape index (κ1) is 18.5. The third-order valence-corrected chi connectivity index (χ3v) is 3.65. The van der Waals surface area contributed by atoms with Crippen LogP contribution in [0.2, 0.25) is 0 Å². The van der Waals surface area contributed by atoms with Gasteiger partial charge in [-0.3, -0.25) is 0 Å². The predicted octanol–water partition coefficient (Wildman–Crippen LogP) is 4.24. The second-order valence-corrected chi connectivity index (χ2v) is 7.36. The summed E-state index contributed by atoms with van der Waals surface area (Å²) in [6.45, 7) is 6.32. The van der Waals surface area contributed by atoms with Crippen LogP contribution in [0.25, 0.3) is 0 Å². The predicted molar refractivity (Wildman–Crippen MR) is 91.0 cm³/mol. The number of hydrogen-bond donors (Lipinski definition) is 3. The molecule has 0 heterocycles. The van der Waals surface area contributed by atoms with Crippen molar-refractivity contribution in [1.82, 2.24) is 5.32 Å². The summed E-state index contributed by atoms with van der Waals surface area (Å²) in [5.41, 5.74) is 0.766. The summed E-state index contributed by atoms with van der Waals surface area (Å²) in [5.74, 6) is -1.01. The van der Waals surface area contributed by atoms with Gasteiger partial charge in [-0.05, 0) is 42.5 Å². The van der Waals surface area contributed by atoms with Gasteiger partial charge in [-0.25, -0.2) is 9.59 Å². The zero-order valence-electron chi connectivity index (χ0n) is 13.1. The monoisotopic (exact) mass is 370 g/mol. The molecule has 0 saturated carbocycles. The molecule has 6 heteroatoms. The van der Waals surface area contributed by atoms with E-state index < -0.39 is 18.0 Å². The molecule has 0 aliphatic rings. The lowest BCUT2D eigenvalue weighted by atomic mass is 9.89. The van der Waals surface area contributed by atoms with E-state index in [4.69, 9.17) is 0 Å². The minimum absolute atomic E-state index is 0.155. The fraction of sp³-hybridized carbons (Fsp3) is 0.500. The molecule has 1 aromatic carbocycles. The molecule has 0 unspecified atom stereocenters. The Hall–Kier alpha value is -1.56. The van der Waals surface area contributed by atoms with Crippen molar-refractivity contribution < 1.29 is 14.7 Å². The number of carbonyl (C=O) groups excluding carboxylic acids is 1. The van der Waals surface area contributed by atoms with E-state index in [1.54, 1.807) is 24.3 Å². The van der Waals surface area contributed by atoms with Crippen LogP contribution in [-0.2, 0) is 4.79 Å². The average Bonchev–Trinajstić information content (AvgIpc) is 2.38. The number of carboxylic acid groups (broad SMARTS) is 1. The summed E-state index contributed by atoms with van der Waals surface area (Å²) in [4.78, 5) is 23.1. The van der Waals surface area contributed by atoms with Crippen molar-refractivity contribution in [1.29, 1.82) is 0 Å². The van der Waals surface area contributed by atoms with Gasteiger partial charge in [0.1, 0.15) is 6.04 Å². The first-order valence-corrected chi connectivity index (χ1v) is 8.02. The lowest BCUT2D eigenvalue weighted by Crippen LogP contribution is -2.43. The van der Waals surface area contributed by atoms with E-state index in [2.05, 4.69) is 47.3 Å². The summed E-state index contributed by atoms with van der Waals surface area (Å²) < 4.78 is 0.907. The zero-order chi connectivity index (χ0) is 16.8. The Morgan fingerprint density at radius 3 is 2.32 bits per heavy atom. The largest absolute Gasteiger partial charge is 0.480 e. The lowest BCUT2D eigenvalue weighted by molar-refractivity contribution is -0.139. The van der Waals surface area contributed by atoms with Crippen LogP contribution in [0.15, 0.2) is 28.7 Å². The molecule has 2 amide bonds. The first-order valence-electron chi connectivity index (χ1n) is 7.23. The van der Waals surface area contributed by atoms with E-state index in [0.717, 1.165) is 17.3 Å². The number of carbonyl (C=O) groups is 2. The van der Waals surface area contributed by atoms with Gasteiger partial charge in [-0.1, -0.05) is 43.1 Å². The minimum Gasteiger partial charge on any atom is -0.480 e. The summed E-state index contributed by atoms with van der Waals surface area (Å²) in [6, 6.07) is 5.68. The molecule has 1 aromatic rings. The molecule has 3 N–H and O–H groups in total. The standard InChI is InChI=1S/C16H23BrN2O3/c1-16(2,3)10-4-5-13(14(20)21)19-15(22)18-12-8-6-11(17)7-9-12/h6-9,13H,4-5,10H2,1-3H3,(H,20,21)(H2,18,19,22)/t13-/m0/s1. The van der Waals surface area contributed by atoms with Crippen molar-refractivity contribution >= 4 is 33.6 Å². The molecular weight excluding hydrogens is 348 g/mol. The molecule has 0 saturated heterocycles. The summed E-state index contributed by atoms with van der Waals surface area (Å²) in [6.07, 6.45) is 2.08. The Kier molecular flexibility index (Phi) is 6.87. The highest BCUT2D eigenvalue weighted by Gasteiger charge is 2.21. The third-order valence-electron chi connectivity index (χ3n) is 3.13. The van der Waals surface area contributed by atoms with Gasteiger partial charge in [0.05, 0.1) is 0 Å². The van der Waals surface area contributed by atoms with Crippen molar-refractivity contribution in [2.75, 3.05) is 5.32 Å². The van der Waals surface area contributed by atoms with Crippen molar-refractivity contribution in [3.63, 3.8) is 0 Å². The maximum absolute atomic E-state index is 11.9. The number of halogens is 1. The SMILES string of the molecule is CC(C)(C)CCC[C@H](NC(=O)Nc1ccc(Br)cc1)C(=O)O. The van der Waals surface area contributed by atoms with Gasteiger partial charge in [-0.15, -0.1) is 0 Å². The number of rotatable bonds is 6. The number of benzene rings is 1. The van der Waals surface area contributed by atoms with Gasteiger partial charge in [-0.2, -0.15) is 0 Å². The number of urea groups is 1. The fourth-order valence-corrected chi connectivity index (χ4v) is 2.22. The molecule has 5 nitrogen and oxygen atoms in total. The van der Waals surface area contributed by atoms with E-state index in [1.807, 2.05) is 0 Å². The molecule has 0 spiro atoms. The molecule has 1 rings (SSSR count). The average molecular weight is 371 g/mol. The van der Waals surface area contributed by atoms with E-state index in [0.29, 0.717) is 12.1 Å². The van der Waals surface area contributed by atoms with E-state index in [1.165, 1.54) is 0 Å². The van der Waals surface area contributed by atoms with Gasteiger partial charge in [0.2, 0.25) is 0 Å². The van der Waals surface area contributed by atoms with Crippen LogP contribution in [0.5, 0.6) is 0 Å². The summed E-state index contributed by atoms with van der Waals surface area (Å²) >= 11 is 3.31. The number of aliphatic carboxylic acids is 1. The van der Waals surface area contributed by atoms with Crippen LogP contribution in [0, 0.1) is 5.41 Å². The van der Waals surface area contributed by atoms with Crippen molar-refractivity contribution in [2.45, 2.75) is 46.1 Å². The Bertz CT molecular complexity index is 509. The second-order valence-electron chi connectivity index (χ2n) is 6.45. The maximum Gasteiger partial charge on any atom is 0.326 e. The van der Waals surface area contributed by atoms with Gasteiger partial charge >= 0.3 is 12.0 Å². The highest BCUT2D eigenvalue weighted by molar-refractivity contribution is 9.10. The number of amides is 2. The summed E-state index contributed by atoms with van der Waals surface area (Å²) in [5, 5.41) is 14.3. The third kappa shape index (κ3) is 7.45. The quantitative estimate of drug-likeness (QED) is 0.700. The topological polar surface area (TPSA) is 78.4 Å². The van der Waals surface area contributed by atoms with E-state index in [9.17, 15) is 14.7 Å². The molecule has 22 heavy (non-hydrogen) atoms. The van der Waals surface area contributed by atoms with Crippen LogP contribution in [0.3, 0.4) is 0 Å². The van der Waals surface area contributed by atoms with Crippen LogP contribution in [-0.4, -0.2) is 23.1 Å². The lowest BCUT2D eigenvalue weighted by Gasteiger charge is -2.20. The van der Waals surface area contributed by atoms with E-state index >= 15 is 0 Å². The normalized spacial score (nSPS) is 12.5. The second kappa shape index (κ2) is 8.17. The number of hydrogen-bond acceptors (Lipinski definition) is 2. The molecule has 0 aliphatic carbocycles. The first-order chi connectivity index (χ1) is 10.2. The van der Waals surface area contributed by atoms with Crippen LogP contribution >= 0.6 is 15.9 Å². The molecule has 0 aromatic heterocycles. The maximum atomic E-state index is 11.9. The zero-order valence-corrected chi connectivity index (χ0v) is 14.7. The van der Waals surface area contributed by atoms with Crippen molar-refractivity contribution in [2.24, 2.45) is 5.41 Å². The van der Waals surface area contributed by atoms with Crippen LogP contribution < -0.4 is 10.6 Å². The Morgan fingerprint density at radius 2 is 1.82 bits per heavy atom. The Labute approximate surface area is 139 Å². The number of anilines is 1. The van der Waals surface area contributed by atoms with Gasteiger partial charge in [0.25, 0.3) is 0 Å². The van der Waals surface area contributed by atoms with Gasteiger partial charge < -0.3 is 15.7 Å². The molecule has 1 atom stereocenters.